The van der Waals surface area contributed by atoms with Gasteiger partial charge in [0, 0.05) is 18.8 Å². The largest absolute Gasteiger partial charge is 0.299 e. The summed E-state index contributed by atoms with van der Waals surface area (Å²) < 4.78 is 0. The van der Waals surface area contributed by atoms with Crippen molar-refractivity contribution in [2.75, 3.05) is 0 Å². The van der Waals surface area contributed by atoms with Gasteiger partial charge in [0.25, 0.3) is 0 Å². The monoisotopic (exact) mass is 217 g/mol. The fourth-order valence-corrected chi connectivity index (χ4v) is 2.34. The number of rotatable bonds is 2. The van der Waals surface area contributed by atoms with Crippen molar-refractivity contribution in [1.29, 1.82) is 0 Å². The van der Waals surface area contributed by atoms with E-state index >= 15 is 0 Å². The van der Waals surface area contributed by atoms with E-state index < -0.39 is 0 Å². The van der Waals surface area contributed by atoms with E-state index in [4.69, 9.17) is 0 Å². The van der Waals surface area contributed by atoms with Crippen LogP contribution in [0.15, 0.2) is 24.5 Å². The molecule has 2 rings (SSSR count). The van der Waals surface area contributed by atoms with Crippen LogP contribution in [0.1, 0.15) is 37.7 Å². The zero-order chi connectivity index (χ0) is 11.5. The number of hydrogen-bond donors (Lipinski definition) is 0. The van der Waals surface area contributed by atoms with E-state index in [0.717, 1.165) is 12.0 Å². The SMILES string of the molecule is CC(=O)[C@H]1C[C@@H](c2cccnc2)CCC1=O. The maximum Gasteiger partial charge on any atom is 0.143 e. The Morgan fingerprint density at radius 3 is 2.94 bits per heavy atom. The molecule has 84 valence electrons. The summed E-state index contributed by atoms with van der Waals surface area (Å²) in [6.45, 7) is 1.51. The second kappa shape index (κ2) is 4.56. The van der Waals surface area contributed by atoms with Crippen LogP contribution in [0.25, 0.3) is 0 Å². The van der Waals surface area contributed by atoms with E-state index in [0.29, 0.717) is 18.8 Å². The Labute approximate surface area is 94.9 Å². The minimum atomic E-state index is -0.390. The second-order valence-electron chi connectivity index (χ2n) is 4.39. The lowest BCUT2D eigenvalue weighted by molar-refractivity contribution is -0.133. The van der Waals surface area contributed by atoms with Gasteiger partial charge in [-0.05, 0) is 37.3 Å². The minimum absolute atomic E-state index is 0.00131. The number of carbonyl (C=O) groups is 2. The van der Waals surface area contributed by atoms with Gasteiger partial charge in [0.2, 0.25) is 0 Å². The number of pyridine rings is 1. The summed E-state index contributed by atoms with van der Waals surface area (Å²) in [4.78, 5) is 27.0. The zero-order valence-electron chi connectivity index (χ0n) is 9.35. The van der Waals surface area contributed by atoms with Crippen molar-refractivity contribution in [2.24, 2.45) is 5.92 Å². The smallest absolute Gasteiger partial charge is 0.143 e. The number of nitrogens with zero attached hydrogens (tertiary/aromatic N) is 1. The van der Waals surface area contributed by atoms with Crippen molar-refractivity contribution >= 4 is 11.6 Å². The van der Waals surface area contributed by atoms with Gasteiger partial charge in [0.05, 0.1) is 5.92 Å². The predicted molar refractivity (Wildman–Crippen MR) is 60.0 cm³/mol. The normalized spacial score (nSPS) is 25.4. The van der Waals surface area contributed by atoms with Gasteiger partial charge < -0.3 is 0 Å². The maximum atomic E-state index is 11.6. The van der Waals surface area contributed by atoms with Gasteiger partial charge >= 0.3 is 0 Å². The molecule has 0 bridgehead atoms. The Balaban J connectivity index is 2.15. The number of aromatic nitrogens is 1. The lowest BCUT2D eigenvalue weighted by Crippen LogP contribution is -2.29. The Morgan fingerprint density at radius 1 is 1.50 bits per heavy atom. The zero-order valence-corrected chi connectivity index (χ0v) is 9.35. The van der Waals surface area contributed by atoms with Gasteiger partial charge in [-0.3, -0.25) is 14.6 Å². The van der Waals surface area contributed by atoms with Crippen LogP contribution in [0.4, 0.5) is 0 Å². The summed E-state index contributed by atoms with van der Waals surface area (Å²) in [6.07, 6.45) is 5.58. The van der Waals surface area contributed by atoms with Crippen LogP contribution in [-0.4, -0.2) is 16.6 Å². The molecule has 1 aromatic rings. The molecular weight excluding hydrogens is 202 g/mol. The second-order valence-corrected chi connectivity index (χ2v) is 4.39. The molecule has 16 heavy (non-hydrogen) atoms. The molecule has 1 saturated carbocycles. The topological polar surface area (TPSA) is 47.0 Å². The average molecular weight is 217 g/mol. The molecule has 0 radical (unpaired) electrons. The molecule has 1 heterocycles. The quantitative estimate of drug-likeness (QED) is 0.713. The number of Topliss-reactive ketones (excluding diaryl/α,β-unsaturated/α-hetero) is 2. The van der Waals surface area contributed by atoms with Gasteiger partial charge in [0.15, 0.2) is 0 Å². The summed E-state index contributed by atoms with van der Waals surface area (Å²) >= 11 is 0. The summed E-state index contributed by atoms with van der Waals surface area (Å²) in [5, 5.41) is 0. The molecule has 3 nitrogen and oxygen atoms in total. The highest BCUT2D eigenvalue weighted by atomic mass is 16.1. The van der Waals surface area contributed by atoms with Crippen molar-refractivity contribution < 1.29 is 9.59 Å². The van der Waals surface area contributed by atoms with Crippen LogP contribution in [0.5, 0.6) is 0 Å². The molecule has 3 heteroatoms. The van der Waals surface area contributed by atoms with Crippen LogP contribution in [0.3, 0.4) is 0 Å². The van der Waals surface area contributed by atoms with Crippen LogP contribution in [0.2, 0.25) is 0 Å². The van der Waals surface area contributed by atoms with Gasteiger partial charge in [-0.2, -0.15) is 0 Å². The van der Waals surface area contributed by atoms with Crippen molar-refractivity contribution in [3.05, 3.63) is 30.1 Å². The molecule has 0 N–H and O–H groups in total. The number of carbonyl (C=O) groups excluding carboxylic acids is 2. The number of ketones is 2. The Morgan fingerprint density at radius 2 is 2.31 bits per heavy atom. The van der Waals surface area contributed by atoms with Gasteiger partial charge in [-0.1, -0.05) is 6.07 Å². The molecule has 0 aliphatic heterocycles. The van der Waals surface area contributed by atoms with Crippen LogP contribution < -0.4 is 0 Å². The Hall–Kier alpha value is -1.51. The molecule has 2 atom stereocenters. The minimum Gasteiger partial charge on any atom is -0.299 e. The molecule has 0 saturated heterocycles. The third-order valence-electron chi connectivity index (χ3n) is 3.29. The number of hydrogen-bond acceptors (Lipinski definition) is 3. The first-order valence-electron chi connectivity index (χ1n) is 5.61. The fourth-order valence-electron chi connectivity index (χ4n) is 2.34. The standard InChI is InChI=1S/C13H15NO2/c1-9(15)12-7-10(4-5-13(12)16)11-3-2-6-14-8-11/h2-3,6,8,10,12H,4-5,7H2,1H3/t10-,12+/m0/s1. The van der Waals surface area contributed by atoms with E-state index in [-0.39, 0.29) is 17.5 Å². The highest BCUT2D eigenvalue weighted by Crippen LogP contribution is 2.34. The summed E-state index contributed by atoms with van der Waals surface area (Å²) in [5.74, 6) is 0.0190. The highest BCUT2D eigenvalue weighted by molar-refractivity contribution is 6.01. The van der Waals surface area contributed by atoms with Crippen LogP contribution >= 0.6 is 0 Å². The molecule has 0 spiro atoms. The Bertz CT molecular complexity index is 400. The van der Waals surface area contributed by atoms with Crippen molar-refractivity contribution in [3.8, 4) is 0 Å². The van der Waals surface area contributed by atoms with Gasteiger partial charge in [-0.25, -0.2) is 0 Å². The molecule has 0 aromatic carbocycles. The third-order valence-corrected chi connectivity index (χ3v) is 3.29. The maximum absolute atomic E-state index is 11.6. The van der Waals surface area contributed by atoms with Crippen molar-refractivity contribution in [2.45, 2.75) is 32.1 Å². The van der Waals surface area contributed by atoms with Gasteiger partial charge in [0.1, 0.15) is 11.6 Å². The first kappa shape index (κ1) is 11.0. The third kappa shape index (κ3) is 2.18. The molecule has 1 aromatic heterocycles. The van der Waals surface area contributed by atoms with Crippen molar-refractivity contribution in [1.82, 2.24) is 4.98 Å². The fraction of sp³-hybridized carbons (Fsp3) is 0.462. The summed E-state index contributed by atoms with van der Waals surface area (Å²) in [5.41, 5.74) is 1.14. The van der Waals surface area contributed by atoms with E-state index in [1.165, 1.54) is 6.92 Å². The predicted octanol–water partition coefficient (Wildman–Crippen LogP) is 2.12. The first-order valence-corrected chi connectivity index (χ1v) is 5.61. The van der Waals surface area contributed by atoms with Crippen LogP contribution in [-0.2, 0) is 9.59 Å². The Kier molecular flexibility index (Phi) is 3.13. The highest BCUT2D eigenvalue weighted by Gasteiger charge is 2.32. The van der Waals surface area contributed by atoms with Crippen molar-refractivity contribution in [3.63, 3.8) is 0 Å². The molecule has 1 aliphatic rings. The van der Waals surface area contributed by atoms with E-state index in [1.54, 1.807) is 6.20 Å². The van der Waals surface area contributed by atoms with Gasteiger partial charge in [-0.15, -0.1) is 0 Å². The average Bonchev–Trinajstić information content (AvgIpc) is 2.30. The van der Waals surface area contributed by atoms with E-state index in [2.05, 4.69) is 4.98 Å². The summed E-state index contributed by atoms with van der Waals surface area (Å²) in [6, 6.07) is 3.92. The summed E-state index contributed by atoms with van der Waals surface area (Å²) in [7, 11) is 0. The first-order chi connectivity index (χ1) is 7.68. The van der Waals surface area contributed by atoms with E-state index in [1.807, 2.05) is 18.3 Å². The lowest BCUT2D eigenvalue weighted by Gasteiger charge is -2.26. The van der Waals surface area contributed by atoms with E-state index in [9.17, 15) is 9.59 Å². The molecule has 1 fully saturated rings. The lowest BCUT2D eigenvalue weighted by atomic mass is 9.76. The molecular formula is C13H15NO2. The molecule has 0 amide bonds. The molecule has 0 unspecified atom stereocenters. The van der Waals surface area contributed by atoms with Crippen LogP contribution in [0, 0.1) is 5.92 Å². The molecule has 1 aliphatic carbocycles.